The maximum absolute atomic E-state index is 9.90. The Kier molecular flexibility index (Phi) is 3.72. The molecule has 11 heavy (non-hydrogen) atoms. The first-order valence-corrected chi connectivity index (χ1v) is 2.86. The molecule has 0 saturated heterocycles. The van der Waals surface area contributed by atoms with E-state index >= 15 is 0 Å². The highest BCUT2D eigenvalue weighted by Gasteiger charge is 2.01. The van der Waals surface area contributed by atoms with E-state index < -0.39 is 17.7 Å². The first-order chi connectivity index (χ1) is 5.02. The topological polar surface area (TPSA) is 94.8 Å². The molecule has 0 heterocycles. The highest BCUT2D eigenvalue weighted by molar-refractivity contribution is 5.80. The van der Waals surface area contributed by atoms with Gasteiger partial charge in [-0.1, -0.05) is 0 Å². The Balaban J connectivity index is 3.77. The smallest absolute Gasteiger partial charge is 0.331 e. The fraction of sp³-hybridized carbons (Fsp3) is 0.333. The van der Waals surface area contributed by atoms with Gasteiger partial charge in [-0.3, -0.25) is 4.79 Å². The van der Waals surface area contributed by atoms with Crippen molar-refractivity contribution in [1.82, 2.24) is 0 Å². The minimum Gasteiger partial charge on any atom is -0.512 e. The average Bonchev–Trinajstić information content (AvgIpc) is 1.82. The van der Waals surface area contributed by atoms with Crippen LogP contribution in [0.4, 0.5) is 0 Å². The summed E-state index contributed by atoms with van der Waals surface area (Å²) in [4.78, 5) is 19.8. The molecule has 0 spiro atoms. The number of hydrogen-bond donors (Lipinski definition) is 3. The van der Waals surface area contributed by atoms with E-state index in [0.29, 0.717) is 6.08 Å². The summed E-state index contributed by atoms with van der Waals surface area (Å²) in [6.07, 6.45) is 0.153. The van der Waals surface area contributed by atoms with Crippen molar-refractivity contribution in [3.63, 3.8) is 0 Å². The van der Waals surface area contributed by atoms with Crippen molar-refractivity contribution in [2.24, 2.45) is 0 Å². The van der Waals surface area contributed by atoms with Gasteiger partial charge in [-0.2, -0.15) is 0 Å². The number of aliphatic hydroxyl groups excluding tert-OH is 1. The van der Waals surface area contributed by atoms with E-state index in [2.05, 4.69) is 0 Å². The van der Waals surface area contributed by atoms with Gasteiger partial charge in [-0.05, 0) is 0 Å². The molecule has 0 aliphatic carbocycles. The van der Waals surface area contributed by atoms with Gasteiger partial charge in [0.15, 0.2) is 0 Å². The van der Waals surface area contributed by atoms with Crippen molar-refractivity contribution in [2.45, 2.75) is 12.8 Å². The molecule has 0 amide bonds. The van der Waals surface area contributed by atoms with Crippen molar-refractivity contribution >= 4 is 11.9 Å². The summed E-state index contributed by atoms with van der Waals surface area (Å²) in [5.74, 6) is -2.79. The zero-order valence-corrected chi connectivity index (χ0v) is 5.65. The Labute approximate surface area is 62.6 Å². The molecule has 0 radical (unpaired) electrons. The van der Waals surface area contributed by atoms with Gasteiger partial charge >= 0.3 is 11.9 Å². The lowest BCUT2D eigenvalue weighted by Crippen LogP contribution is -1.97. The first kappa shape index (κ1) is 9.48. The molecule has 0 aromatic carbocycles. The van der Waals surface area contributed by atoms with Crippen LogP contribution in [0.1, 0.15) is 12.8 Å². The third-order valence-corrected chi connectivity index (χ3v) is 0.885. The van der Waals surface area contributed by atoms with Gasteiger partial charge in [0.05, 0.1) is 12.5 Å². The molecule has 0 atom stereocenters. The largest absolute Gasteiger partial charge is 0.512 e. The van der Waals surface area contributed by atoms with Crippen LogP contribution in [0.5, 0.6) is 0 Å². The van der Waals surface area contributed by atoms with E-state index in [1.165, 1.54) is 0 Å². The normalized spacial score (nSPS) is 11.1. The number of aliphatic carboxylic acids is 2. The lowest BCUT2D eigenvalue weighted by atomic mass is 10.2. The van der Waals surface area contributed by atoms with Gasteiger partial charge in [0.1, 0.15) is 5.76 Å². The molecule has 0 fully saturated rings. The molecule has 5 heteroatoms. The van der Waals surface area contributed by atoms with Gasteiger partial charge < -0.3 is 15.3 Å². The average molecular weight is 160 g/mol. The SMILES string of the molecule is O=C(O)C=C(O)CCC(=O)O. The zero-order chi connectivity index (χ0) is 8.85. The summed E-state index contributed by atoms with van der Waals surface area (Å²) in [7, 11) is 0. The van der Waals surface area contributed by atoms with Crippen molar-refractivity contribution in [2.75, 3.05) is 0 Å². The molecule has 0 aliphatic rings. The molecule has 0 rings (SSSR count). The number of carboxylic acids is 2. The summed E-state index contributed by atoms with van der Waals surface area (Å²) in [5, 5.41) is 24.9. The molecule has 0 saturated carbocycles. The second kappa shape index (κ2) is 4.32. The number of carbonyl (C=O) groups is 2. The third-order valence-electron chi connectivity index (χ3n) is 0.885. The van der Waals surface area contributed by atoms with E-state index in [9.17, 15) is 9.59 Å². The van der Waals surface area contributed by atoms with E-state index in [1.54, 1.807) is 0 Å². The maximum Gasteiger partial charge on any atom is 0.331 e. The van der Waals surface area contributed by atoms with Crippen molar-refractivity contribution in [3.05, 3.63) is 11.8 Å². The number of allylic oxidation sites excluding steroid dienone is 1. The third kappa shape index (κ3) is 6.36. The van der Waals surface area contributed by atoms with Crippen LogP contribution in [-0.2, 0) is 9.59 Å². The van der Waals surface area contributed by atoms with Gasteiger partial charge in [-0.15, -0.1) is 0 Å². The van der Waals surface area contributed by atoms with Crippen LogP contribution < -0.4 is 0 Å². The summed E-state index contributed by atoms with van der Waals surface area (Å²) in [6, 6.07) is 0. The molecular weight excluding hydrogens is 152 g/mol. The monoisotopic (exact) mass is 160 g/mol. The van der Waals surface area contributed by atoms with Crippen LogP contribution in [0, 0.1) is 0 Å². The number of carboxylic acid groups (broad SMARTS) is 2. The lowest BCUT2D eigenvalue weighted by Gasteiger charge is -1.93. The van der Waals surface area contributed by atoms with Crippen molar-refractivity contribution in [1.29, 1.82) is 0 Å². The molecule has 0 aromatic heterocycles. The van der Waals surface area contributed by atoms with E-state index in [1.807, 2.05) is 0 Å². The van der Waals surface area contributed by atoms with Gasteiger partial charge in [0, 0.05) is 6.42 Å². The van der Waals surface area contributed by atoms with E-state index in [4.69, 9.17) is 15.3 Å². The summed E-state index contributed by atoms with van der Waals surface area (Å²) >= 11 is 0. The van der Waals surface area contributed by atoms with Crippen LogP contribution in [0.15, 0.2) is 11.8 Å². The molecule has 5 nitrogen and oxygen atoms in total. The molecular formula is C6H8O5. The van der Waals surface area contributed by atoms with Crippen LogP contribution in [0.2, 0.25) is 0 Å². The minimum absolute atomic E-state index is 0.151. The van der Waals surface area contributed by atoms with Crippen molar-refractivity contribution in [3.8, 4) is 0 Å². The Morgan fingerprint density at radius 1 is 1.09 bits per heavy atom. The van der Waals surface area contributed by atoms with E-state index in [0.717, 1.165) is 0 Å². The molecule has 62 valence electrons. The number of aliphatic hydroxyl groups is 1. The Hall–Kier alpha value is -1.52. The highest BCUT2D eigenvalue weighted by Crippen LogP contribution is 1.99. The molecule has 0 aliphatic heterocycles. The molecule has 3 N–H and O–H groups in total. The minimum atomic E-state index is -1.28. The second-order valence-electron chi connectivity index (χ2n) is 1.87. The van der Waals surface area contributed by atoms with E-state index in [-0.39, 0.29) is 12.8 Å². The Morgan fingerprint density at radius 3 is 2.00 bits per heavy atom. The second-order valence-corrected chi connectivity index (χ2v) is 1.87. The number of hydrogen-bond acceptors (Lipinski definition) is 3. The fourth-order valence-electron chi connectivity index (χ4n) is 0.450. The standard InChI is InChI=1S/C6H8O5/c7-4(3-6(10)11)1-2-5(8)9/h3,7H,1-2H2,(H,8,9)(H,10,11). The fourth-order valence-corrected chi connectivity index (χ4v) is 0.450. The predicted octanol–water partition coefficient (Wildman–Crippen LogP) is 0.378. The van der Waals surface area contributed by atoms with Crippen LogP contribution in [0.3, 0.4) is 0 Å². The molecule has 0 unspecified atom stereocenters. The lowest BCUT2D eigenvalue weighted by molar-refractivity contribution is -0.137. The first-order valence-electron chi connectivity index (χ1n) is 2.86. The quantitative estimate of drug-likeness (QED) is 0.408. The maximum atomic E-state index is 9.90. The summed E-state index contributed by atoms with van der Waals surface area (Å²) in [5.41, 5.74) is 0. The van der Waals surface area contributed by atoms with Crippen LogP contribution >= 0.6 is 0 Å². The summed E-state index contributed by atoms with van der Waals surface area (Å²) in [6.45, 7) is 0. The zero-order valence-electron chi connectivity index (χ0n) is 5.65. The summed E-state index contributed by atoms with van der Waals surface area (Å²) < 4.78 is 0. The van der Waals surface area contributed by atoms with Gasteiger partial charge in [0.25, 0.3) is 0 Å². The highest BCUT2D eigenvalue weighted by atomic mass is 16.4. The van der Waals surface area contributed by atoms with Gasteiger partial charge in [-0.25, -0.2) is 4.79 Å². The Morgan fingerprint density at radius 2 is 1.64 bits per heavy atom. The molecule has 0 bridgehead atoms. The number of rotatable bonds is 4. The van der Waals surface area contributed by atoms with Crippen LogP contribution in [0.25, 0.3) is 0 Å². The Bertz CT molecular complexity index is 193. The van der Waals surface area contributed by atoms with Crippen molar-refractivity contribution < 1.29 is 24.9 Å². The van der Waals surface area contributed by atoms with Gasteiger partial charge in [0.2, 0.25) is 0 Å². The predicted molar refractivity (Wildman–Crippen MR) is 35.2 cm³/mol. The van der Waals surface area contributed by atoms with Crippen LogP contribution in [-0.4, -0.2) is 27.3 Å². The molecule has 0 aromatic rings.